The molecule has 4 nitrogen and oxygen atoms in total. The molecule has 2 rings (SSSR count). The number of aryl methyl sites for hydroxylation is 1. The zero-order valence-electron chi connectivity index (χ0n) is 10.9. The van der Waals surface area contributed by atoms with Crippen LogP contribution in [-0.4, -0.2) is 20.6 Å². The van der Waals surface area contributed by atoms with Crippen molar-refractivity contribution in [2.75, 3.05) is 5.32 Å². The third kappa shape index (κ3) is 2.57. The quantitative estimate of drug-likeness (QED) is 0.881. The molecule has 0 aliphatic rings. The van der Waals surface area contributed by atoms with E-state index in [2.05, 4.69) is 43.1 Å². The number of nitrogens with one attached hydrogen (secondary N) is 1. The second-order valence-electron chi connectivity index (χ2n) is 4.85. The van der Waals surface area contributed by atoms with Gasteiger partial charge in [-0.1, -0.05) is 20.8 Å². The van der Waals surface area contributed by atoms with Crippen molar-refractivity contribution < 1.29 is 0 Å². The fourth-order valence-electron chi connectivity index (χ4n) is 1.95. The van der Waals surface area contributed by atoms with Gasteiger partial charge in [-0.2, -0.15) is 4.98 Å². The van der Waals surface area contributed by atoms with E-state index in [1.165, 1.54) is 5.56 Å². The molecule has 4 heteroatoms. The average molecular weight is 232 g/mol. The molecule has 0 aromatic carbocycles. The Bertz CT molecular complexity index is 501. The Balaban J connectivity index is 2.24. The first-order valence-electron chi connectivity index (χ1n) is 6.19. The summed E-state index contributed by atoms with van der Waals surface area (Å²) in [6.07, 6.45) is 3.02. The Morgan fingerprint density at radius 1 is 1.41 bits per heavy atom. The van der Waals surface area contributed by atoms with E-state index in [-0.39, 0.29) is 0 Å². The lowest BCUT2D eigenvalue weighted by Crippen LogP contribution is -2.25. The highest BCUT2D eigenvalue weighted by atomic mass is 15.3. The zero-order chi connectivity index (χ0) is 12.4. The van der Waals surface area contributed by atoms with Gasteiger partial charge in [0, 0.05) is 12.2 Å². The minimum Gasteiger partial charge on any atom is -0.350 e. The third-order valence-electron chi connectivity index (χ3n) is 3.05. The molecule has 92 valence electrons. The monoisotopic (exact) mass is 232 g/mol. The standard InChI is InChI=1S/C13H20N4/c1-5-11(9(2)3)14-13-15-12-8-10(4)6-7-17(12)16-13/h6-9,11H,5H2,1-4H3,(H,14,16). The number of aromatic nitrogens is 3. The van der Waals surface area contributed by atoms with E-state index < -0.39 is 0 Å². The Hall–Kier alpha value is -1.58. The molecule has 1 atom stereocenters. The maximum atomic E-state index is 4.48. The summed E-state index contributed by atoms with van der Waals surface area (Å²) in [7, 11) is 0. The van der Waals surface area contributed by atoms with Crippen molar-refractivity contribution >= 4 is 11.6 Å². The first-order valence-corrected chi connectivity index (χ1v) is 6.19. The molecule has 17 heavy (non-hydrogen) atoms. The minimum atomic E-state index is 0.425. The van der Waals surface area contributed by atoms with Crippen LogP contribution < -0.4 is 5.32 Å². The predicted octanol–water partition coefficient (Wildman–Crippen LogP) is 2.88. The van der Waals surface area contributed by atoms with Crippen LogP contribution in [-0.2, 0) is 0 Å². The Labute approximate surface area is 102 Å². The van der Waals surface area contributed by atoms with Crippen molar-refractivity contribution in [3.63, 3.8) is 0 Å². The number of rotatable bonds is 4. The second kappa shape index (κ2) is 4.73. The number of pyridine rings is 1. The van der Waals surface area contributed by atoms with Crippen LogP contribution in [0.4, 0.5) is 5.95 Å². The summed E-state index contributed by atoms with van der Waals surface area (Å²) < 4.78 is 1.81. The smallest absolute Gasteiger partial charge is 0.243 e. The van der Waals surface area contributed by atoms with Gasteiger partial charge in [0.15, 0.2) is 5.65 Å². The molecule has 1 N–H and O–H groups in total. The number of anilines is 1. The molecule has 2 aromatic heterocycles. The summed E-state index contributed by atoms with van der Waals surface area (Å²) in [6, 6.07) is 4.49. The number of fused-ring (bicyclic) bond motifs is 1. The first kappa shape index (κ1) is 11.9. The van der Waals surface area contributed by atoms with E-state index in [1.807, 2.05) is 22.8 Å². The highest BCUT2D eigenvalue weighted by Gasteiger charge is 2.13. The van der Waals surface area contributed by atoms with Gasteiger partial charge in [0.1, 0.15) is 0 Å². The molecule has 0 saturated carbocycles. The maximum Gasteiger partial charge on any atom is 0.243 e. The first-order chi connectivity index (χ1) is 8.10. The fraction of sp³-hybridized carbons (Fsp3) is 0.538. The Morgan fingerprint density at radius 3 is 2.82 bits per heavy atom. The van der Waals surface area contributed by atoms with Crippen molar-refractivity contribution in [1.82, 2.24) is 14.6 Å². The molecule has 0 saturated heterocycles. The van der Waals surface area contributed by atoms with Crippen molar-refractivity contribution in [2.24, 2.45) is 5.92 Å². The van der Waals surface area contributed by atoms with Crippen molar-refractivity contribution in [1.29, 1.82) is 0 Å². The SMILES string of the molecule is CCC(Nc1nc2cc(C)ccn2n1)C(C)C. The summed E-state index contributed by atoms with van der Waals surface area (Å²) in [5.74, 6) is 1.30. The van der Waals surface area contributed by atoms with Gasteiger partial charge in [-0.05, 0) is 37.0 Å². The normalized spacial score (nSPS) is 13.2. The van der Waals surface area contributed by atoms with Crippen LogP contribution in [0.25, 0.3) is 5.65 Å². The van der Waals surface area contributed by atoms with Crippen LogP contribution in [0.1, 0.15) is 32.8 Å². The summed E-state index contributed by atoms with van der Waals surface area (Å²) in [5.41, 5.74) is 2.10. The lowest BCUT2D eigenvalue weighted by Gasteiger charge is -2.19. The molecule has 0 aliphatic carbocycles. The maximum absolute atomic E-state index is 4.48. The van der Waals surface area contributed by atoms with Gasteiger partial charge in [-0.3, -0.25) is 0 Å². The van der Waals surface area contributed by atoms with E-state index in [4.69, 9.17) is 0 Å². The number of hydrogen-bond donors (Lipinski definition) is 1. The van der Waals surface area contributed by atoms with Crippen LogP contribution in [0.3, 0.4) is 0 Å². The van der Waals surface area contributed by atoms with Gasteiger partial charge < -0.3 is 5.32 Å². The third-order valence-corrected chi connectivity index (χ3v) is 3.05. The Morgan fingerprint density at radius 2 is 2.18 bits per heavy atom. The van der Waals surface area contributed by atoms with Gasteiger partial charge in [-0.15, -0.1) is 5.10 Å². The van der Waals surface area contributed by atoms with Crippen LogP contribution >= 0.6 is 0 Å². The minimum absolute atomic E-state index is 0.425. The van der Waals surface area contributed by atoms with Crippen LogP contribution in [0.5, 0.6) is 0 Å². The highest BCUT2D eigenvalue weighted by Crippen LogP contribution is 2.13. The van der Waals surface area contributed by atoms with Gasteiger partial charge in [0.05, 0.1) is 0 Å². The van der Waals surface area contributed by atoms with E-state index in [0.717, 1.165) is 18.0 Å². The molecule has 0 aliphatic heterocycles. The zero-order valence-corrected chi connectivity index (χ0v) is 10.9. The lowest BCUT2D eigenvalue weighted by molar-refractivity contribution is 0.508. The van der Waals surface area contributed by atoms with Crippen molar-refractivity contribution in [3.05, 3.63) is 23.9 Å². The van der Waals surface area contributed by atoms with Gasteiger partial charge in [-0.25, -0.2) is 4.52 Å². The summed E-state index contributed by atoms with van der Waals surface area (Å²) in [6.45, 7) is 8.66. The van der Waals surface area contributed by atoms with E-state index in [1.54, 1.807) is 0 Å². The summed E-state index contributed by atoms with van der Waals surface area (Å²) in [5, 5.41) is 7.81. The van der Waals surface area contributed by atoms with E-state index in [0.29, 0.717) is 12.0 Å². The van der Waals surface area contributed by atoms with E-state index >= 15 is 0 Å². The number of nitrogens with zero attached hydrogens (tertiary/aromatic N) is 3. The molecule has 0 radical (unpaired) electrons. The van der Waals surface area contributed by atoms with E-state index in [9.17, 15) is 0 Å². The predicted molar refractivity (Wildman–Crippen MR) is 70.3 cm³/mol. The van der Waals surface area contributed by atoms with Crippen LogP contribution in [0, 0.1) is 12.8 Å². The topological polar surface area (TPSA) is 42.2 Å². The fourth-order valence-corrected chi connectivity index (χ4v) is 1.95. The molecule has 0 spiro atoms. The largest absolute Gasteiger partial charge is 0.350 e. The van der Waals surface area contributed by atoms with Crippen LogP contribution in [0.15, 0.2) is 18.3 Å². The number of hydrogen-bond acceptors (Lipinski definition) is 3. The Kier molecular flexibility index (Phi) is 3.31. The van der Waals surface area contributed by atoms with Crippen molar-refractivity contribution in [3.8, 4) is 0 Å². The van der Waals surface area contributed by atoms with Gasteiger partial charge in [0.25, 0.3) is 0 Å². The van der Waals surface area contributed by atoms with Gasteiger partial charge in [0.2, 0.25) is 5.95 Å². The molecule has 2 heterocycles. The lowest BCUT2D eigenvalue weighted by atomic mass is 10.0. The summed E-state index contributed by atoms with van der Waals surface area (Å²) in [4.78, 5) is 4.48. The van der Waals surface area contributed by atoms with Crippen molar-refractivity contribution in [2.45, 2.75) is 40.2 Å². The molecule has 0 bridgehead atoms. The molecule has 0 fully saturated rings. The highest BCUT2D eigenvalue weighted by molar-refractivity contribution is 5.45. The molecule has 0 amide bonds. The summed E-state index contributed by atoms with van der Waals surface area (Å²) >= 11 is 0. The average Bonchev–Trinajstić information content (AvgIpc) is 2.66. The molecule has 2 aromatic rings. The molecule has 1 unspecified atom stereocenters. The second-order valence-corrected chi connectivity index (χ2v) is 4.85. The molecular formula is C13H20N4. The van der Waals surface area contributed by atoms with Crippen LogP contribution in [0.2, 0.25) is 0 Å². The van der Waals surface area contributed by atoms with Gasteiger partial charge >= 0.3 is 0 Å². The molecular weight excluding hydrogens is 212 g/mol.